The van der Waals surface area contributed by atoms with Crippen LogP contribution in [0.2, 0.25) is 0 Å². The second kappa shape index (κ2) is 9.17. The van der Waals surface area contributed by atoms with Gasteiger partial charge in [0.1, 0.15) is 11.5 Å². The summed E-state index contributed by atoms with van der Waals surface area (Å²) >= 11 is 0. The molecule has 0 aromatic heterocycles. The standard InChI is InChI=1S/C18H21N3O2.BrH/c19-18-20-14-4-8-16(9-5-14)22-12-2-1-3-13-23-17-10-6-15(21-18)7-11-17;/h4-11H,1-3,12-13H2,(H3,19,20,21);1H. The van der Waals surface area contributed by atoms with Gasteiger partial charge in [-0.1, -0.05) is 0 Å². The number of halogens is 1. The number of nitrogens with zero attached hydrogens (tertiary/aromatic N) is 1. The average Bonchev–Trinajstić information content (AvgIpc) is 2.56. The maximum absolute atomic E-state index is 5.94. The maximum Gasteiger partial charge on any atom is 0.198 e. The van der Waals surface area contributed by atoms with Gasteiger partial charge in [0, 0.05) is 5.69 Å². The molecule has 4 heterocycles. The number of rotatable bonds is 0. The molecule has 128 valence electrons. The number of aliphatic imine (C=N–C) groups is 1. The smallest absolute Gasteiger partial charge is 0.198 e. The fourth-order valence-electron chi connectivity index (χ4n) is 2.33. The Morgan fingerprint density at radius 3 is 1.92 bits per heavy atom. The van der Waals surface area contributed by atoms with E-state index in [1.165, 1.54) is 0 Å². The van der Waals surface area contributed by atoms with Gasteiger partial charge in [0.05, 0.1) is 18.9 Å². The largest absolute Gasteiger partial charge is 0.494 e. The van der Waals surface area contributed by atoms with Gasteiger partial charge >= 0.3 is 0 Å². The zero-order chi connectivity index (χ0) is 15.9. The third-order valence-corrected chi connectivity index (χ3v) is 3.54. The van der Waals surface area contributed by atoms with Gasteiger partial charge in [0.25, 0.3) is 0 Å². The van der Waals surface area contributed by atoms with Crippen molar-refractivity contribution in [2.24, 2.45) is 10.7 Å². The number of benzene rings is 2. The summed E-state index contributed by atoms with van der Waals surface area (Å²) in [5.41, 5.74) is 7.59. The van der Waals surface area contributed by atoms with Gasteiger partial charge in [-0.15, -0.1) is 17.0 Å². The lowest BCUT2D eigenvalue weighted by Crippen LogP contribution is -2.21. The van der Waals surface area contributed by atoms with E-state index in [1.54, 1.807) is 0 Å². The molecule has 2 aromatic rings. The highest BCUT2D eigenvalue weighted by Crippen LogP contribution is 2.20. The highest BCUT2D eigenvalue weighted by atomic mass is 79.9. The number of anilines is 1. The van der Waals surface area contributed by atoms with Crippen LogP contribution < -0.4 is 20.5 Å². The van der Waals surface area contributed by atoms with Crippen molar-refractivity contribution in [2.75, 3.05) is 18.5 Å². The lowest BCUT2D eigenvalue weighted by atomic mass is 10.2. The molecule has 4 aliphatic heterocycles. The number of hydrogen-bond acceptors (Lipinski definition) is 5. The third-order valence-electron chi connectivity index (χ3n) is 3.54. The summed E-state index contributed by atoms with van der Waals surface area (Å²) in [6.07, 6.45) is 3.11. The molecule has 4 bridgehead atoms. The first-order chi connectivity index (χ1) is 11.3. The summed E-state index contributed by atoms with van der Waals surface area (Å²) in [6, 6.07) is 15.3. The van der Waals surface area contributed by atoms with Gasteiger partial charge in [-0.25, -0.2) is 4.99 Å². The minimum absolute atomic E-state index is 0. The predicted octanol–water partition coefficient (Wildman–Crippen LogP) is 4.26. The van der Waals surface area contributed by atoms with Crippen LogP contribution in [0, 0.1) is 0 Å². The summed E-state index contributed by atoms with van der Waals surface area (Å²) in [6.45, 7) is 1.42. The molecule has 0 saturated heterocycles. The molecule has 4 aliphatic rings. The SMILES string of the molecule is Br.NC1=Nc2ccc(cc2)OCCCCCOc2ccc(cc2)N1. The first-order valence-corrected chi connectivity index (χ1v) is 7.86. The van der Waals surface area contributed by atoms with E-state index in [0.717, 1.165) is 42.1 Å². The minimum atomic E-state index is 0. The van der Waals surface area contributed by atoms with Crippen LogP contribution in [0.1, 0.15) is 19.3 Å². The normalized spacial score (nSPS) is 14.9. The molecule has 0 spiro atoms. The molecule has 6 heteroatoms. The Morgan fingerprint density at radius 1 is 0.792 bits per heavy atom. The zero-order valence-corrected chi connectivity index (χ0v) is 15.1. The predicted molar refractivity (Wildman–Crippen MR) is 103 cm³/mol. The Hall–Kier alpha value is -2.21. The fraction of sp³-hybridized carbons (Fsp3) is 0.278. The lowest BCUT2D eigenvalue weighted by Gasteiger charge is -2.10. The van der Waals surface area contributed by atoms with Crippen molar-refractivity contribution >= 4 is 34.3 Å². The molecule has 0 radical (unpaired) electrons. The summed E-state index contributed by atoms with van der Waals surface area (Å²) < 4.78 is 11.4. The van der Waals surface area contributed by atoms with Crippen molar-refractivity contribution in [3.8, 4) is 11.5 Å². The quantitative estimate of drug-likeness (QED) is 0.703. The van der Waals surface area contributed by atoms with E-state index >= 15 is 0 Å². The molecule has 3 N–H and O–H groups in total. The first kappa shape index (κ1) is 18.1. The van der Waals surface area contributed by atoms with E-state index < -0.39 is 0 Å². The molecule has 5 nitrogen and oxygen atoms in total. The number of nitrogens with one attached hydrogen (secondary N) is 1. The molecule has 0 fully saturated rings. The maximum atomic E-state index is 5.94. The van der Waals surface area contributed by atoms with Gasteiger partial charge in [0.15, 0.2) is 5.96 Å². The molecular formula is C18H22BrN3O2. The summed E-state index contributed by atoms with van der Waals surface area (Å²) in [5, 5.41) is 3.07. The Labute approximate surface area is 152 Å². The monoisotopic (exact) mass is 391 g/mol. The van der Waals surface area contributed by atoms with Gasteiger partial charge in [-0.2, -0.15) is 0 Å². The molecule has 2 aromatic carbocycles. The first-order valence-electron chi connectivity index (χ1n) is 7.86. The molecule has 0 atom stereocenters. The van der Waals surface area contributed by atoms with Crippen molar-refractivity contribution in [1.82, 2.24) is 0 Å². The molecular weight excluding hydrogens is 370 g/mol. The van der Waals surface area contributed by atoms with Crippen molar-refractivity contribution in [3.05, 3.63) is 48.5 Å². The van der Waals surface area contributed by atoms with Crippen LogP contribution in [0.4, 0.5) is 11.4 Å². The Balaban J connectivity index is 0.00000208. The van der Waals surface area contributed by atoms with Crippen LogP contribution in [0.25, 0.3) is 0 Å². The molecule has 0 aliphatic carbocycles. The van der Waals surface area contributed by atoms with Crippen LogP contribution in [0.3, 0.4) is 0 Å². The van der Waals surface area contributed by atoms with Crippen molar-refractivity contribution in [3.63, 3.8) is 0 Å². The van der Waals surface area contributed by atoms with Crippen molar-refractivity contribution < 1.29 is 9.47 Å². The molecule has 0 amide bonds. The number of nitrogens with two attached hydrogens (primary N) is 1. The van der Waals surface area contributed by atoms with E-state index in [4.69, 9.17) is 15.2 Å². The molecule has 0 saturated carbocycles. The average molecular weight is 392 g/mol. The van der Waals surface area contributed by atoms with Crippen LogP contribution in [-0.4, -0.2) is 19.2 Å². The highest BCUT2D eigenvalue weighted by Gasteiger charge is 2.01. The lowest BCUT2D eigenvalue weighted by molar-refractivity contribution is 0.279. The topological polar surface area (TPSA) is 68.9 Å². The van der Waals surface area contributed by atoms with E-state index in [-0.39, 0.29) is 17.0 Å². The fourth-order valence-corrected chi connectivity index (χ4v) is 2.33. The number of ether oxygens (including phenoxy) is 2. The van der Waals surface area contributed by atoms with Crippen LogP contribution in [0.5, 0.6) is 11.5 Å². The van der Waals surface area contributed by atoms with Crippen LogP contribution in [-0.2, 0) is 0 Å². The minimum Gasteiger partial charge on any atom is -0.494 e. The van der Waals surface area contributed by atoms with Crippen LogP contribution in [0.15, 0.2) is 53.5 Å². The van der Waals surface area contributed by atoms with Gasteiger partial charge in [-0.3, -0.25) is 0 Å². The van der Waals surface area contributed by atoms with Crippen molar-refractivity contribution in [1.29, 1.82) is 0 Å². The van der Waals surface area contributed by atoms with Crippen molar-refractivity contribution in [2.45, 2.75) is 19.3 Å². The number of hydrogen-bond donors (Lipinski definition) is 2. The highest BCUT2D eigenvalue weighted by molar-refractivity contribution is 8.93. The molecule has 0 unspecified atom stereocenters. The zero-order valence-electron chi connectivity index (χ0n) is 13.4. The molecule has 6 rings (SSSR count). The van der Waals surface area contributed by atoms with E-state index in [2.05, 4.69) is 10.3 Å². The Kier molecular flexibility index (Phi) is 6.93. The van der Waals surface area contributed by atoms with Gasteiger partial charge in [-0.05, 0) is 67.8 Å². The number of guanidine groups is 1. The van der Waals surface area contributed by atoms with E-state index in [0.29, 0.717) is 19.2 Å². The van der Waals surface area contributed by atoms with Gasteiger partial charge in [0.2, 0.25) is 0 Å². The molecule has 24 heavy (non-hydrogen) atoms. The van der Waals surface area contributed by atoms with E-state index in [9.17, 15) is 0 Å². The Morgan fingerprint density at radius 2 is 1.33 bits per heavy atom. The summed E-state index contributed by atoms with van der Waals surface area (Å²) in [4.78, 5) is 4.34. The van der Waals surface area contributed by atoms with Gasteiger partial charge < -0.3 is 20.5 Å². The summed E-state index contributed by atoms with van der Waals surface area (Å²) in [7, 11) is 0. The second-order valence-corrected chi connectivity index (χ2v) is 5.40. The third kappa shape index (κ3) is 5.45. The second-order valence-electron chi connectivity index (χ2n) is 5.40. The van der Waals surface area contributed by atoms with E-state index in [1.807, 2.05) is 48.5 Å². The Bertz CT molecular complexity index is 657. The van der Waals surface area contributed by atoms with Crippen LogP contribution >= 0.6 is 17.0 Å². The summed E-state index contributed by atoms with van der Waals surface area (Å²) in [5.74, 6) is 2.05.